The van der Waals surface area contributed by atoms with E-state index in [9.17, 15) is 10.1 Å². The van der Waals surface area contributed by atoms with Gasteiger partial charge in [-0.05, 0) is 32.0 Å². The fourth-order valence-corrected chi connectivity index (χ4v) is 1.94. The lowest BCUT2D eigenvalue weighted by molar-refractivity contribution is -0.384. The topological polar surface area (TPSA) is 55.6 Å². The molecule has 5 heteroatoms. The number of hydrogen-bond donors (Lipinski definition) is 0. The Hall–Kier alpha value is -1.62. The number of ether oxygens (including phenoxy) is 1. The second-order valence-electron chi connectivity index (χ2n) is 4.37. The van der Waals surface area contributed by atoms with E-state index in [4.69, 9.17) is 4.74 Å². The van der Waals surface area contributed by atoms with Crippen molar-refractivity contribution in [1.82, 2.24) is 4.90 Å². The number of nitro benzene ring substituents is 1. The molecule has 0 unspecified atom stereocenters. The minimum absolute atomic E-state index is 0.0979. The molecular weight excluding hydrogens is 220 g/mol. The van der Waals surface area contributed by atoms with Crippen molar-refractivity contribution < 1.29 is 9.66 Å². The molecule has 2 rings (SSSR count). The number of hydrogen-bond acceptors (Lipinski definition) is 4. The van der Waals surface area contributed by atoms with Crippen LogP contribution in [0.3, 0.4) is 0 Å². The quantitative estimate of drug-likeness (QED) is 0.595. The van der Waals surface area contributed by atoms with Crippen LogP contribution in [0.4, 0.5) is 5.69 Å². The van der Waals surface area contributed by atoms with Gasteiger partial charge < -0.3 is 9.64 Å². The molecule has 1 aliphatic heterocycles. The summed E-state index contributed by atoms with van der Waals surface area (Å²) in [5.41, 5.74) is 0.0979. The highest BCUT2D eigenvalue weighted by molar-refractivity contribution is 5.36. The zero-order valence-corrected chi connectivity index (χ0v) is 9.83. The van der Waals surface area contributed by atoms with Crippen LogP contribution in [-0.4, -0.2) is 36.1 Å². The van der Waals surface area contributed by atoms with Gasteiger partial charge in [-0.25, -0.2) is 0 Å². The summed E-state index contributed by atoms with van der Waals surface area (Å²) >= 11 is 0. The fourth-order valence-electron chi connectivity index (χ4n) is 1.94. The molecule has 1 aliphatic rings. The van der Waals surface area contributed by atoms with E-state index in [-0.39, 0.29) is 11.8 Å². The van der Waals surface area contributed by atoms with Gasteiger partial charge >= 0.3 is 0 Å². The van der Waals surface area contributed by atoms with E-state index < -0.39 is 4.92 Å². The van der Waals surface area contributed by atoms with E-state index in [0.29, 0.717) is 5.75 Å². The summed E-state index contributed by atoms with van der Waals surface area (Å²) in [6, 6.07) is 6.28. The van der Waals surface area contributed by atoms with Gasteiger partial charge in [0.15, 0.2) is 0 Å². The molecule has 0 aromatic heterocycles. The zero-order valence-electron chi connectivity index (χ0n) is 9.83. The Labute approximate surface area is 100 Å². The maximum absolute atomic E-state index is 10.5. The first-order valence-electron chi connectivity index (χ1n) is 5.75. The van der Waals surface area contributed by atoms with Crippen LogP contribution in [0.15, 0.2) is 24.3 Å². The third-order valence-electron chi connectivity index (χ3n) is 3.02. The van der Waals surface area contributed by atoms with Crippen LogP contribution in [0, 0.1) is 10.1 Å². The number of nitrogens with zero attached hydrogens (tertiary/aromatic N) is 2. The van der Waals surface area contributed by atoms with E-state index in [1.165, 1.54) is 12.1 Å². The van der Waals surface area contributed by atoms with Crippen LogP contribution in [0.1, 0.15) is 12.8 Å². The van der Waals surface area contributed by atoms with Gasteiger partial charge in [0.25, 0.3) is 5.69 Å². The van der Waals surface area contributed by atoms with E-state index in [2.05, 4.69) is 11.9 Å². The van der Waals surface area contributed by atoms with Gasteiger partial charge in [0, 0.05) is 25.2 Å². The van der Waals surface area contributed by atoms with E-state index in [0.717, 1.165) is 25.9 Å². The molecule has 0 aliphatic carbocycles. The highest BCUT2D eigenvalue weighted by Gasteiger charge is 2.18. The van der Waals surface area contributed by atoms with Crippen molar-refractivity contribution in [2.45, 2.75) is 18.9 Å². The molecule has 0 spiro atoms. The van der Waals surface area contributed by atoms with Crippen LogP contribution in [0.2, 0.25) is 0 Å². The number of nitro groups is 1. The number of piperidine rings is 1. The first-order valence-corrected chi connectivity index (χ1v) is 5.75. The van der Waals surface area contributed by atoms with Gasteiger partial charge in [0.05, 0.1) is 4.92 Å². The predicted octanol–water partition coefficient (Wildman–Crippen LogP) is 2.07. The van der Waals surface area contributed by atoms with Gasteiger partial charge in [-0.2, -0.15) is 0 Å². The van der Waals surface area contributed by atoms with Gasteiger partial charge in [0.2, 0.25) is 0 Å². The molecule has 0 amide bonds. The Balaban J connectivity index is 1.92. The van der Waals surface area contributed by atoms with Crippen LogP contribution >= 0.6 is 0 Å². The van der Waals surface area contributed by atoms with Crippen LogP contribution in [0.5, 0.6) is 5.75 Å². The number of benzene rings is 1. The number of non-ortho nitro benzene ring substituents is 1. The second kappa shape index (κ2) is 5.14. The predicted molar refractivity (Wildman–Crippen MR) is 64.2 cm³/mol. The summed E-state index contributed by atoms with van der Waals surface area (Å²) in [6.07, 6.45) is 2.24. The summed E-state index contributed by atoms with van der Waals surface area (Å²) in [5, 5.41) is 10.5. The SMILES string of the molecule is CN1CCC(Oc2ccc([N+](=O)[O-])cc2)CC1. The lowest BCUT2D eigenvalue weighted by Gasteiger charge is -2.29. The van der Waals surface area contributed by atoms with Gasteiger partial charge in [0.1, 0.15) is 11.9 Å². The third-order valence-corrected chi connectivity index (χ3v) is 3.02. The molecule has 0 radical (unpaired) electrons. The van der Waals surface area contributed by atoms with Crippen molar-refractivity contribution in [2.75, 3.05) is 20.1 Å². The summed E-state index contributed by atoms with van der Waals surface area (Å²) < 4.78 is 5.79. The maximum atomic E-state index is 10.5. The highest BCUT2D eigenvalue weighted by Crippen LogP contribution is 2.21. The fraction of sp³-hybridized carbons (Fsp3) is 0.500. The zero-order chi connectivity index (χ0) is 12.3. The highest BCUT2D eigenvalue weighted by atomic mass is 16.6. The molecule has 1 aromatic rings. The molecule has 1 heterocycles. The standard InChI is InChI=1S/C12H16N2O3/c1-13-8-6-12(7-9-13)17-11-4-2-10(3-5-11)14(15)16/h2-5,12H,6-9H2,1H3. The molecule has 0 N–H and O–H groups in total. The third kappa shape index (κ3) is 3.17. The number of rotatable bonds is 3. The van der Waals surface area contributed by atoms with E-state index in [1.807, 2.05) is 0 Å². The van der Waals surface area contributed by atoms with E-state index >= 15 is 0 Å². The van der Waals surface area contributed by atoms with Crippen molar-refractivity contribution in [3.63, 3.8) is 0 Å². The molecule has 0 atom stereocenters. The first-order chi connectivity index (χ1) is 8.15. The van der Waals surface area contributed by atoms with E-state index in [1.54, 1.807) is 12.1 Å². The molecule has 0 saturated carbocycles. The minimum Gasteiger partial charge on any atom is -0.490 e. The maximum Gasteiger partial charge on any atom is 0.269 e. The minimum atomic E-state index is -0.403. The molecule has 1 aromatic carbocycles. The normalized spacial score (nSPS) is 17.9. The summed E-state index contributed by atoms with van der Waals surface area (Å²) in [4.78, 5) is 12.4. The first kappa shape index (κ1) is 11.9. The van der Waals surface area contributed by atoms with Crippen LogP contribution < -0.4 is 4.74 Å². The molecule has 1 fully saturated rings. The molecule has 0 bridgehead atoms. The number of likely N-dealkylation sites (tertiary alicyclic amines) is 1. The summed E-state index contributed by atoms with van der Waals surface area (Å²) in [7, 11) is 2.10. The van der Waals surface area contributed by atoms with Crippen molar-refractivity contribution in [3.05, 3.63) is 34.4 Å². The van der Waals surface area contributed by atoms with Gasteiger partial charge in [-0.15, -0.1) is 0 Å². The van der Waals surface area contributed by atoms with Gasteiger partial charge in [-0.1, -0.05) is 0 Å². The van der Waals surface area contributed by atoms with Crippen molar-refractivity contribution in [3.8, 4) is 5.75 Å². The Morgan fingerprint density at radius 1 is 1.29 bits per heavy atom. The summed E-state index contributed by atoms with van der Waals surface area (Å²) in [6.45, 7) is 2.08. The Bertz CT molecular complexity index is 383. The molecular formula is C12H16N2O3. The van der Waals surface area contributed by atoms with Crippen LogP contribution in [0.25, 0.3) is 0 Å². The Kier molecular flexibility index (Phi) is 3.58. The lowest BCUT2D eigenvalue weighted by Crippen LogP contribution is -2.35. The Morgan fingerprint density at radius 3 is 2.41 bits per heavy atom. The van der Waals surface area contributed by atoms with Crippen molar-refractivity contribution in [1.29, 1.82) is 0 Å². The largest absolute Gasteiger partial charge is 0.490 e. The molecule has 5 nitrogen and oxygen atoms in total. The molecule has 17 heavy (non-hydrogen) atoms. The average Bonchev–Trinajstić information content (AvgIpc) is 2.33. The smallest absolute Gasteiger partial charge is 0.269 e. The summed E-state index contributed by atoms with van der Waals surface area (Å²) in [5.74, 6) is 0.713. The van der Waals surface area contributed by atoms with Crippen molar-refractivity contribution in [2.24, 2.45) is 0 Å². The monoisotopic (exact) mass is 236 g/mol. The van der Waals surface area contributed by atoms with Crippen LogP contribution in [-0.2, 0) is 0 Å². The Morgan fingerprint density at radius 2 is 1.88 bits per heavy atom. The molecule has 92 valence electrons. The molecule has 1 saturated heterocycles. The van der Waals surface area contributed by atoms with Crippen molar-refractivity contribution >= 4 is 5.69 Å². The second-order valence-corrected chi connectivity index (χ2v) is 4.37. The van der Waals surface area contributed by atoms with Gasteiger partial charge in [-0.3, -0.25) is 10.1 Å². The lowest BCUT2D eigenvalue weighted by atomic mass is 10.1. The average molecular weight is 236 g/mol.